The Morgan fingerprint density at radius 1 is 1.10 bits per heavy atom. The maximum Gasteiger partial charge on any atom is 0.0308 e. The van der Waals surface area contributed by atoms with Crippen molar-refractivity contribution in [2.45, 2.75) is 43.5 Å². The molecule has 0 aliphatic rings. The van der Waals surface area contributed by atoms with Gasteiger partial charge in [-0.2, -0.15) is 0 Å². The Morgan fingerprint density at radius 2 is 1.90 bits per heavy atom. The first-order valence-corrected chi connectivity index (χ1v) is 7.87. The molecule has 0 spiro atoms. The van der Waals surface area contributed by atoms with Gasteiger partial charge in [0.15, 0.2) is 0 Å². The van der Waals surface area contributed by atoms with Gasteiger partial charge in [-0.05, 0) is 50.1 Å². The lowest BCUT2D eigenvalue weighted by Crippen LogP contribution is -2.35. The fraction of sp³-hybridized carbons (Fsp3) is 0.353. The molecule has 0 fully saturated rings. The summed E-state index contributed by atoms with van der Waals surface area (Å²) in [7, 11) is 0. The number of nitrogens with one attached hydrogen (secondary N) is 1. The van der Waals surface area contributed by atoms with Crippen LogP contribution in [0.3, 0.4) is 0 Å². The molecule has 1 aromatic heterocycles. The lowest BCUT2D eigenvalue weighted by molar-refractivity contribution is 0.424. The number of pyridine rings is 1. The monoisotopic (exact) mass is 286 g/mol. The van der Waals surface area contributed by atoms with Crippen LogP contribution in [-0.2, 0) is 12.3 Å². The van der Waals surface area contributed by atoms with Gasteiger partial charge in [-0.25, -0.2) is 0 Å². The van der Waals surface area contributed by atoms with E-state index >= 15 is 0 Å². The predicted molar refractivity (Wildman–Crippen MR) is 86.8 cm³/mol. The van der Waals surface area contributed by atoms with E-state index in [-0.39, 0.29) is 5.54 Å². The standard InChI is InChI=1S/C17H22N2S/c1-17(2,3)19-12-14-6-4-8-16(10-14)20-13-15-7-5-9-18-11-15/h4-11,19H,12-13H2,1-3H3. The highest BCUT2D eigenvalue weighted by Gasteiger charge is 2.08. The molecule has 0 unspecified atom stereocenters. The maximum atomic E-state index is 4.15. The van der Waals surface area contributed by atoms with Gasteiger partial charge >= 0.3 is 0 Å². The Morgan fingerprint density at radius 3 is 2.60 bits per heavy atom. The predicted octanol–water partition coefficient (Wildman–Crippen LogP) is 4.26. The van der Waals surface area contributed by atoms with Gasteiger partial charge in [0.25, 0.3) is 0 Å². The molecule has 0 amide bonds. The Kier molecular flexibility index (Phi) is 5.21. The van der Waals surface area contributed by atoms with E-state index in [2.05, 4.69) is 61.4 Å². The van der Waals surface area contributed by atoms with E-state index in [1.54, 1.807) is 0 Å². The van der Waals surface area contributed by atoms with Crippen molar-refractivity contribution >= 4 is 11.8 Å². The number of hydrogen-bond acceptors (Lipinski definition) is 3. The smallest absolute Gasteiger partial charge is 0.0308 e. The summed E-state index contributed by atoms with van der Waals surface area (Å²) in [5.74, 6) is 0.962. The van der Waals surface area contributed by atoms with Gasteiger partial charge in [0.2, 0.25) is 0 Å². The van der Waals surface area contributed by atoms with Crippen molar-refractivity contribution in [3.63, 3.8) is 0 Å². The normalized spacial score (nSPS) is 11.6. The van der Waals surface area contributed by atoms with Crippen molar-refractivity contribution in [1.82, 2.24) is 10.3 Å². The van der Waals surface area contributed by atoms with Gasteiger partial charge in [0.05, 0.1) is 0 Å². The van der Waals surface area contributed by atoms with Crippen LogP contribution in [0.15, 0.2) is 53.7 Å². The molecule has 0 aliphatic carbocycles. The first kappa shape index (κ1) is 15.1. The maximum absolute atomic E-state index is 4.15. The van der Waals surface area contributed by atoms with E-state index in [1.165, 1.54) is 16.0 Å². The van der Waals surface area contributed by atoms with E-state index in [9.17, 15) is 0 Å². The third-order valence-corrected chi connectivity index (χ3v) is 3.91. The second-order valence-electron chi connectivity index (χ2n) is 5.90. The highest BCUT2D eigenvalue weighted by atomic mass is 32.2. The number of thioether (sulfide) groups is 1. The molecule has 0 atom stereocenters. The third-order valence-electron chi connectivity index (χ3n) is 2.85. The molecule has 0 saturated carbocycles. The average Bonchev–Trinajstić information content (AvgIpc) is 2.44. The zero-order chi connectivity index (χ0) is 14.4. The third kappa shape index (κ3) is 5.35. The Hall–Kier alpha value is -1.32. The highest BCUT2D eigenvalue weighted by Crippen LogP contribution is 2.23. The Balaban J connectivity index is 1.92. The van der Waals surface area contributed by atoms with Crippen LogP contribution in [0.4, 0.5) is 0 Å². The summed E-state index contributed by atoms with van der Waals surface area (Å²) >= 11 is 1.85. The summed E-state index contributed by atoms with van der Waals surface area (Å²) in [6.45, 7) is 7.47. The van der Waals surface area contributed by atoms with Gasteiger partial charge in [-0.1, -0.05) is 18.2 Å². The van der Waals surface area contributed by atoms with E-state index < -0.39 is 0 Å². The molecule has 1 aromatic carbocycles. The van der Waals surface area contributed by atoms with Crippen LogP contribution in [0.1, 0.15) is 31.9 Å². The molecule has 2 nitrogen and oxygen atoms in total. The van der Waals surface area contributed by atoms with Gasteiger partial charge in [-0.15, -0.1) is 11.8 Å². The van der Waals surface area contributed by atoms with E-state index in [4.69, 9.17) is 0 Å². The molecule has 2 rings (SSSR count). The van der Waals surface area contributed by atoms with Crippen molar-refractivity contribution in [1.29, 1.82) is 0 Å². The largest absolute Gasteiger partial charge is 0.308 e. The van der Waals surface area contributed by atoms with Crippen molar-refractivity contribution in [2.24, 2.45) is 0 Å². The van der Waals surface area contributed by atoms with Crippen LogP contribution in [-0.4, -0.2) is 10.5 Å². The summed E-state index contributed by atoms with van der Waals surface area (Å²) in [5.41, 5.74) is 2.74. The van der Waals surface area contributed by atoms with E-state index in [0.717, 1.165) is 12.3 Å². The minimum Gasteiger partial charge on any atom is -0.308 e. The summed E-state index contributed by atoms with van der Waals surface area (Å²) in [6.07, 6.45) is 3.74. The molecular formula is C17H22N2S. The quantitative estimate of drug-likeness (QED) is 0.831. The molecule has 2 aromatic rings. The van der Waals surface area contributed by atoms with Gasteiger partial charge in [0.1, 0.15) is 0 Å². The van der Waals surface area contributed by atoms with Gasteiger partial charge in [0, 0.05) is 35.1 Å². The molecule has 0 bridgehead atoms. The molecular weight excluding hydrogens is 264 g/mol. The Bertz CT molecular complexity index is 532. The van der Waals surface area contributed by atoms with E-state index in [0.29, 0.717) is 0 Å². The minimum atomic E-state index is 0.152. The molecule has 3 heteroatoms. The summed E-state index contributed by atoms with van der Waals surface area (Å²) in [5, 5.41) is 3.52. The number of aromatic nitrogens is 1. The summed E-state index contributed by atoms with van der Waals surface area (Å²) in [6, 6.07) is 12.8. The molecule has 106 valence electrons. The molecule has 1 N–H and O–H groups in total. The summed E-state index contributed by atoms with van der Waals surface area (Å²) in [4.78, 5) is 5.46. The van der Waals surface area contributed by atoms with Crippen LogP contribution < -0.4 is 5.32 Å². The van der Waals surface area contributed by atoms with Crippen molar-refractivity contribution in [3.8, 4) is 0 Å². The molecule has 0 aliphatic heterocycles. The summed E-state index contributed by atoms with van der Waals surface area (Å²) < 4.78 is 0. The molecule has 0 saturated heterocycles. The lowest BCUT2D eigenvalue weighted by Gasteiger charge is -2.20. The minimum absolute atomic E-state index is 0.152. The topological polar surface area (TPSA) is 24.9 Å². The SMILES string of the molecule is CC(C)(C)NCc1cccc(SCc2cccnc2)c1. The first-order valence-electron chi connectivity index (χ1n) is 6.89. The molecule has 1 heterocycles. The molecule has 0 radical (unpaired) electrons. The number of benzene rings is 1. The second-order valence-corrected chi connectivity index (χ2v) is 6.95. The second kappa shape index (κ2) is 6.91. The number of rotatable bonds is 5. The van der Waals surface area contributed by atoms with Gasteiger partial charge in [-0.3, -0.25) is 4.98 Å². The average molecular weight is 286 g/mol. The lowest BCUT2D eigenvalue weighted by atomic mass is 10.1. The van der Waals surface area contributed by atoms with Crippen LogP contribution in [0.25, 0.3) is 0 Å². The zero-order valence-electron chi connectivity index (χ0n) is 12.4. The molecule has 20 heavy (non-hydrogen) atoms. The Labute approximate surface area is 126 Å². The highest BCUT2D eigenvalue weighted by molar-refractivity contribution is 7.98. The zero-order valence-corrected chi connectivity index (χ0v) is 13.2. The van der Waals surface area contributed by atoms with Crippen LogP contribution in [0, 0.1) is 0 Å². The van der Waals surface area contributed by atoms with Crippen molar-refractivity contribution < 1.29 is 0 Å². The van der Waals surface area contributed by atoms with Crippen molar-refractivity contribution in [3.05, 3.63) is 59.9 Å². The number of hydrogen-bond donors (Lipinski definition) is 1. The van der Waals surface area contributed by atoms with Crippen LogP contribution in [0.5, 0.6) is 0 Å². The van der Waals surface area contributed by atoms with Crippen molar-refractivity contribution in [2.75, 3.05) is 0 Å². The number of nitrogens with zero attached hydrogens (tertiary/aromatic N) is 1. The van der Waals surface area contributed by atoms with Gasteiger partial charge < -0.3 is 5.32 Å². The first-order chi connectivity index (χ1) is 9.53. The van der Waals surface area contributed by atoms with Crippen LogP contribution >= 0.6 is 11.8 Å². The fourth-order valence-electron chi connectivity index (χ4n) is 1.76. The van der Waals surface area contributed by atoms with Crippen LogP contribution in [0.2, 0.25) is 0 Å². The fourth-order valence-corrected chi connectivity index (χ4v) is 2.68. The van der Waals surface area contributed by atoms with E-state index in [1.807, 2.05) is 30.2 Å².